The Morgan fingerprint density at radius 2 is 1.42 bits per heavy atom. The maximum absolute atomic E-state index is 12.7. The van der Waals surface area contributed by atoms with Crippen LogP contribution in [0.15, 0.2) is 95.4 Å². The maximum atomic E-state index is 12.7. The second kappa shape index (κ2) is 7.51. The molecule has 0 unspecified atom stereocenters. The van der Waals surface area contributed by atoms with E-state index in [0.717, 1.165) is 56.4 Å². The zero-order valence-electron chi connectivity index (χ0n) is 16.4. The van der Waals surface area contributed by atoms with Crippen LogP contribution in [0.1, 0.15) is 11.1 Å². The molecule has 0 atom stereocenters. The normalized spacial score (nSPS) is 11.8. The summed E-state index contributed by atoms with van der Waals surface area (Å²) in [5.41, 5.74) is 4.55. The molecular weight excluding hydrogens is 399 g/mol. The Morgan fingerprint density at radius 1 is 0.710 bits per heavy atom. The molecule has 0 aliphatic heterocycles. The van der Waals surface area contributed by atoms with Gasteiger partial charge in [0.05, 0.1) is 17.8 Å². The predicted molar refractivity (Wildman–Crippen MR) is 116 cm³/mol. The number of furan rings is 1. The van der Waals surface area contributed by atoms with Crippen LogP contribution in [0.5, 0.6) is 0 Å². The van der Waals surface area contributed by atoms with Crippen molar-refractivity contribution in [3.63, 3.8) is 0 Å². The zero-order valence-corrected chi connectivity index (χ0v) is 16.4. The molecule has 1 heterocycles. The molecule has 0 bridgehead atoms. The van der Waals surface area contributed by atoms with Crippen LogP contribution in [0.25, 0.3) is 33.1 Å². The van der Waals surface area contributed by atoms with Crippen LogP contribution >= 0.6 is 0 Å². The molecule has 1 aromatic heterocycles. The molecule has 153 valence electrons. The SMILES string of the molecule is FC(F)(F)c1ccc(C[N]c2ccc(-c3cccc4c3oc3ccccc34)cc2)cc1. The largest absolute Gasteiger partial charge is 0.455 e. The van der Waals surface area contributed by atoms with Gasteiger partial charge in [0.25, 0.3) is 0 Å². The summed E-state index contributed by atoms with van der Waals surface area (Å²) in [5.74, 6) is 0. The monoisotopic (exact) mass is 416 g/mol. The van der Waals surface area contributed by atoms with E-state index >= 15 is 0 Å². The fourth-order valence-electron chi connectivity index (χ4n) is 3.70. The molecule has 1 radical (unpaired) electrons. The van der Waals surface area contributed by atoms with Gasteiger partial charge in [-0.15, -0.1) is 0 Å². The highest BCUT2D eigenvalue weighted by Gasteiger charge is 2.29. The summed E-state index contributed by atoms with van der Waals surface area (Å²) in [4.78, 5) is 0. The zero-order chi connectivity index (χ0) is 21.4. The van der Waals surface area contributed by atoms with E-state index in [2.05, 4.69) is 11.4 Å². The van der Waals surface area contributed by atoms with Crippen LogP contribution < -0.4 is 5.32 Å². The van der Waals surface area contributed by atoms with E-state index in [1.165, 1.54) is 12.1 Å². The number of fused-ring (bicyclic) bond motifs is 3. The van der Waals surface area contributed by atoms with E-state index in [-0.39, 0.29) is 0 Å². The van der Waals surface area contributed by atoms with Crippen LogP contribution in [-0.2, 0) is 12.7 Å². The van der Waals surface area contributed by atoms with Crippen LogP contribution in [-0.4, -0.2) is 0 Å². The van der Waals surface area contributed by atoms with Crippen LogP contribution in [0.4, 0.5) is 18.9 Å². The van der Waals surface area contributed by atoms with E-state index in [1.54, 1.807) is 0 Å². The Bertz CT molecular complexity index is 1350. The maximum Gasteiger partial charge on any atom is 0.416 e. The van der Waals surface area contributed by atoms with Crippen molar-refractivity contribution in [2.24, 2.45) is 0 Å². The molecular formula is C26H17F3NO. The molecule has 0 aliphatic carbocycles. The minimum absolute atomic E-state index is 0.316. The number of hydrogen-bond donors (Lipinski definition) is 0. The van der Waals surface area contributed by atoms with Crippen LogP contribution in [0.2, 0.25) is 0 Å². The van der Waals surface area contributed by atoms with Gasteiger partial charge in [0.1, 0.15) is 11.2 Å². The number of nitrogens with zero attached hydrogens (tertiary/aromatic N) is 1. The van der Waals surface area contributed by atoms with Crippen molar-refractivity contribution in [2.75, 3.05) is 0 Å². The fraction of sp³-hybridized carbons (Fsp3) is 0.0769. The second-order valence-corrected chi connectivity index (χ2v) is 7.34. The molecule has 0 N–H and O–H groups in total. The molecule has 0 saturated heterocycles. The smallest absolute Gasteiger partial charge is 0.416 e. The first kappa shape index (κ1) is 19.2. The van der Waals surface area contributed by atoms with Crippen LogP contribution in [0.3, 0.4) is 0 Å². The third kappa shape index (κ3) is 3.75. The summed E-state index contributed by atoms with van der Waals surface area (Å²) >= 11 is 0. The van der Waals surface area contributed by atoms with Gasteiger partial charge >= 0.3 is 6.18 Å². The van der Waals surface area contributed by atoms with E-state index in [9.17, 15) is 13.2 Å². The summed E-state index contributed by atoms with van der Waals surface area (Å²) in [6, 6.07) is 26.9. The second-order valence-electron chi connectivity index (χ2n) is 7.34. The number of halogens is 3. The lowest BCUT2D eigenvalue weighted by atomic mass is 10.0. The molecule has 4 aromatic carbocycles. The summed E-state index contributed by atoms with van der Waals surface area (Å²) < 4.78 is 44.1. The molecule has 2 nitrogen and oxygen atoms in total. The van der Waals surface area contributed by atoms with Gasteiger partial charge in [-0.05, 0) is 41.5 Å². The standard InChI is InChI=1S/C26H17F3NO/c27-26(28,29)19-12-8-17(9-13-19)16-30-20-14-10-18(11-15-20)21-5-3-6-23-22-4-1-2-7-24(22)31-25(21)23/h1-15H,16H2. The third-order valence-electron chi connectivity index (χ3n) is 5.31. The van der Waals surface area contributed by atoms with Crippen molar-refractivity contribution in [1.82, 2.24) is 5.32 Å². The van der Waals surface area contributed by atoms with Gasteiger partial charge in [0, 0.05) is 16.3 Å². The Labute approximate surface area is 176 Å². The first-order valence-electron chi connectivity index (χ1n) is 9.83. The molecule has 5 heteroatoms. The quantitative estimate of drug-likeness (QED) is 0.295. The van der Waals surface area contributed by atoms with E-state index in [0.29, 0.717) is 6.54 Å². The Hall–Kier alpha value is -3.73. The lowest BCUT2D eigenvalue weighted by Gasteiger charge is -2.08. The van der Waals surface area contributed by atoms with Crippen molar-refractivity contribution < 1.29 is 17.6 Å². The highest BCUT2D eigenvalue weighted by molar-refractivity contribution is 6.09. The lowest BCUT2D eigenvalue weighted by Crippen LogP contribution is -2.05. The van der Waals surface area contributed by atoms with Crippen molar-refractivity contribution >= 4 is 27.6 Å². The van der Waals surface area contributed by atoms with E-state index in [4.69, 9.17) is 4.42 Å². The number of rotatable bonds is 4. The van der Waals surface area contributed by atoms with E-state index < -0.39 is 11.7 Å². The molecule has 31 heavy (non-hydrogen) atoms. The minimum Gasteiger partial charge on any atom is -0.455 e. The lowest BCUT2D eigenvalue weighted by molar-refractivity contribution is -0.137. The predicted octanol–water partition coefficient (Wildman–Crippen LogP) is 7.71. The topological polar surface area (TPSA) is 27.2 Å². The summed E-state index contributed by atoms with van der Waals surface area (Å²) in [6.07, 6.45) is -4.33. The third-order valence-corrected chi connectivity index (χ3v) is 5.31. The average Bonchev–Trinajstić information content (AvgIpc) is 3.17. The highest BCUT2D eigenvalue weighted by atomic mass is 19.4. The molecule has 0 aliphatic rings. The molecule has 0 spiro atoms. The minimum atomic E-state index is -4.33. The molecule has 0 saturated carbocycles. The Kier molecular flexibility index (Phi) is 4.66. The van der Waals surface area contributed by atoms with Crippen molar-refractivity contribution in [3.8, 4) is 11.1 Å². The number of hydrogen-bond acceptors (Lipinski definition) is 1. The van der Waals surface area contributed by atoms with Gasteiger partial charge in [0.2, 0.25) is 0 Å². The summed E-state index contributed by atoms with van der Waals surface area (Å²) in [6.45, 7) is 0.316. The first-order valence-corrected chi connectivity index (χ1v) is 9.83. The Balaban J connectivity index is 1.36. The molecule has 0 amide bonds. The van der Waals surface area contributed by atoms with Gasteiger partial charge in [-0.1, -0.05) is 60.7 Å². The van der Waals surface area contributed by atoms with Crippen LogP contribution in [0, 0.1) is 0 Å². The number of benzene rings is 4. The van der Waals surface area contributed by atoms with Gasteiger partial charge < -0.3 is 4.42 Å². The average molecular weight is 416 g/mol. The van der Waals surface area contributed by atoms with Gasteiger partial charge in [-0.25, -0.2) is 0 Å². The highest BCUT2D eigenvalue weighted by Crippen LogP contribution is 2.36. The van der Waals surface area contributed by atoms with Gasteiger partial charge in [0.15, 0.2) is 0 Å². The summed E-state index contributed by atoms with van der Waals surface area (Å²) in [5, 5.41) is 6.65. The van der Waals surface area contributed by atoms with Gasteiger partial charge in [-0.2, -0.15) is 13.2 Å². The number of alkyl halides is 3. The summed E-state index contributed by atoms with van der Waals surface area (Å²) in [7, 11) is 0. The van der Waals surface area contributed by atoms with Crippen molar-refractivity contribution in [3.05, 3.63) is 102 Å². The van der Waals surface area contributed by atoms with Crippen molar-refractivity contribution in [2.45, 2.75) is 12.7 Å². The molecule has 0 fully saturated rings. The van der Waals surface area contributed by atoms with E-state index in [1.807, 2.05) is 60.7 Å². The van der Waals surface area contributed by atoms with Crippen molar-refractivity contribution in [1.29, 1.82) is 0 Å². The molecule has 5 aromatic rings. The molecule has 5 rings (SSSR count). The number of para-hydroxylation sites is 2. The first-order chi connectivity index (χ1) is 15.0. The van der Waals surface area contributed by atoms with Gasteiger partial charge in [-0.3, -0.25) is 5.32 Å². The Morgan fingerprint density at radius 3 is 2.16 bits per heavy atom. The fourth-order valence-corrected chi connectivity index (χ4v) is 3.70.